The summed E-state index contributed by atoms with van der Waals surface area (Å²) in [7, 11) is 0. The van der Waals surface area contributed by atoms with Crippen molar-refractivity contribution >= 4 is 0 Å². The molecule has 70 valence electrons. The van der Waals surface area contributed by atoms with Gasteiger partial charge in [-0.25, -0.2) is 4.98 Å². The van der Waals surface area contributed by atoms with E-state index < -0.39 is 0 Å². The van der Waals surface area contributed by atoms with Crippen LogP contribution in [0.25, 0.3) is 11.3 Å². The van der Waals surface area contributed by atoms with Gasteiger partial charge in [-0.1, -0.05) is 30.3 Å². The van der Waals surface area contributed by atoms with Crippen molar-refractivity contribution < 1.29 is 0 Å². The van der Waals surface area contributed by atoms with Gasteiger partial charge in [-0.2, -0.15) is 0 Å². The second-order valence-corrected chi connectivity index (χ2v) is 3.80. The summed E-state index contributed by atoms with van der Waals surface area (Å²) in [6, 6.07) is 11.0. The molecule has 3 rings (SSSR count). The van der Waals surface area contributed by atoms with Crippen molar-refractivity contribution in [2.75, 3.05) is 0 Å². The largest absolute Gasteiger partial charge is 0.334 e. The summed E-state index contributed by atoms with van der Waals surface area (Å²) in [6.45, 7) is 0. The Kier molecular flexibility index (Phi) is 1.66. The van der Waals surface area contributed by atoms with E-state index in [4.69, 9.17) is 0 Å². The molecule has 2 nitrogen and oxygen atoms in total. The number of hydrogen-bond donors (Lipinski definition) is 0. The summed E-state index contributed by atoms with van der Waals surface area (Å²) in [5, 5.41) is 0. The van der Waals surface area contributed by atoms with E-state index >= 15 is 0 Å². The van der Waals surface area contributed by atoms with E-state index in [2.05, 4.69) is 27.9 Å². The standard InChI is InChI=1S/C12H12N2/c1-2-4-10(5-3-1)12-8-14(9-13-12)11-6-7-11/h1-5,8-9,11H,6-7H2. The molecule has 0 N–H and O–H groups in total. The lowest BCUT2D eigenvalue weighted by molar-refractivity contribution is 0.741. The molecule has 2 heteroatoms. The number of nitrogens with zero attached hydrogens (tertiary/aromatic N) is 2. The Morgan fingerprint density at radius 1 is 1.14 bits per heavy atom. The number of imidazole rings is 1. The monoisotopic (exact) mass is 184 g/mol. The molecule has 1 aliphatic rings. The number of aromatic nitrogens is 2. The minimum Gasteiger partial charge on any atom is -0.334 e. The van der Waals surface area contributed by atoms with Gasteiger partial charge >= 0.3 is 0 Å². The van der Waals surface area contributed by atoms with Gasteiger partial charge in [-0.15, -0.1) is 0 Å². The molecule has 0 radical (unpaired) electrons. The molecule has 1 saturated carbocycles. The maximum absolute atomic E-state index is 4.41. The summed E-state index contributed by atoms with van der Waals surface area (Å²) in [4.78, 5) is 4.41. The van der Waals surface area contributed by atoms with E-state index in [0.29, 0.717) is 0 Å². The van der Waals surface area contributed by atoms with Crippen LogP contribution in [0.4, 0.5) is 0 Å². The SMILES string of the molecule is c1ccc(-c2cn(C3CC3)cn2)cc1. The molecule has 0 bridgehead atoms. The highest BCUT2D eigenvalue weighted by Gasteiger charge is 2.23. The first-order valence-corrected chi connectivity index (χ1v) is 5.02. The third-order valence-electron chi connectivity index (χ3n) is 2.64. The summed E-state index contributed by atoms with van der Waals surface area (Å²) < 4.78 is 2.22. The van der Waals surface area contributed by atoms with Gasteiger partial charge in [-0.3, -0.25) is 0 Å². The van der Waals surface area contributed by atoms with Gasteiger partial charge in [0.1, 0.15) is 0 Å². The van der Waals surface area contributed by atoms with Gasteiger partial charge in [0.25, 0.3) is 0 Å². The first kappa shape index (κ1) is 7.80. The van der Waals surface area contributed by atoms with Crippen LogP contribution in [0.5, 0.6) is 0 Å². The highest BCUT2D eigenvalue weighted by molar-refractivity contribution is 5.57. The van der Waals surface area contributed by atoms with Crippen LogP contribution >= 0.6 is 0 Å². The van der Waals surface area contributed by atoms with Crippen molar-refractivity contribution in [3.05, 3.63) is 42.9 Å². The lowest BCUT2D eigenvalue weighted by atomic mass is 10.2. The first-order valence-electron chi connectivity index (χ1n) is 5.02. The minimum absolute atomic E-state index is 0.722. The first-order chi connectivity index (χ1) is 6.93. The van der Waals surface area contributed by atoms with Crippen LogP contribution in [0.1, 0.15) is 18.9 Å². The van der Waals surface area contributed by atoms with Gasteiger partial charge in [0.15, 0.2) is 0 Å². The molecule has 0 unspecified atom stereocenters. The molecule has 1 heterocycles. The van der Waals surface area contributed by atoms with Crippen molar-refractivity contribution in [3.63, 3.8) is 0 Å². The average molecular weight is 184 g/mol. The van der Waals surface area contributed by atoms with E-state index in [1.807, 2.05) is 24.5 Å². The van der Waals surface area contributed by atoms with E-state index in [1.54, 1.807) is 0 Å². The zero-order valence-corrected chi connectivity index (χ0v) is 7.93. The lowest BCUT2D eigenvalue weighted by Gasteiger charge is -1.95. The Morgan fingerprint density at radius 3 is 2.64 bits per heavy atom. The molecule has 14 heavy (non-hydrogen) atoms. The van der Waals surface area contributed by atoms with E-state index in [1.165, 1.54) is 18.4 Å². The van der Waals surface area contributed by atoms with Crippen LogP contribution in [-0.2, 0) is 0 Å². The van der Waals surface area contributed by atoms with Crippen LogP contribution in [-0.4, -0.2) is 9.55 Å². The zero-order valence-electron chi connectivity index (χ0n) is 7.93. The van der Waals surface area contributed by atoms with Crippen LogP contribution in [0, 0.1) is 0 Å². The fraction of sp³-hybridized carbons (Fsp3) is 0.250. The minimum atomic E-state index is 0.722. The quantitative estimate of drug-likeness (QED) is 0.701. The Hall–Kier alpha value is -1.57. The molecule has 1 aliphatic carbocycles. The maximum Gasteiger partial charge on any atom is 0.0956 e. The second kappa shape index (κ2) is 2.98. The van der Waals surface area contributed by atoms with E-state index in [-0.39, 0.29) is 0 Å². The van der Waals surface area contributed by atoms with Crippen LogP contribution in [0.15, 0.2) is 42.9 Å². The third-order valence-corrected chi connectivity index (χ3v) is 2.64. The van der Waals surface area contributed by atoms with Crippen LogP contribution in [0.3, 0.4) is 0 Å². The predicted molar refractivity (Wildman–Crippen MR) is 55.9 cm³/mol. The van der Waals surface area contributed by atoms with Crippen molar-refractivity contribution in [1.29, 1.82) is 0 Å². The average Bonchev–Trinajstić information content (AvgIpc) is 2.98. The molecule has 0 aliphatic heterocycles. The Morgan fingerprint density at radius 2 is 1.93 bits per heavy atom. The van der Waals surface area contributed by atoms with E-state index in [0.717, 1.165) is 11.7 Å². The van der Waals surface area contributed by atoms with Crippen molar-refractivity contribution in [3.8, 4) is 11.3 Å². The summed E-state index contributed by atoms with van der Waals surface area (Å²) in [5.74, 6) is 0. The Balaban J connectivity index is 1.96. The topological polar surface area (TPSA) is 17.8 Å². The highest BCUT2D eigenvalue weighted by Crippen LogP contribution is 2.35. The Labute approximate surface area is 83.2 Å². The summed E-state index contributed by atoms with van der Waals surface area (Å²) in [6.07, 6.45) is 6.71. The maximum atomic E-state index is 4.41. The van der Waals surface area contributed by atoms with Gasteiger partial charge in [0.2, 0.25) is 0 Å². The highest BCUT2D eigenvalue weighted by atomic mass is 15.1. The Bertz CT molecular complexity index is 427. The molecular weight excluding hydrogens is 172 g/mol. The van der Waals surface area contributed by atoms with Crippen LogP contribution < -0.4 is 0 Å². The molecule has 0 atom stereocenters. The predicted octanol–water partition coefficient (Wildman–Crippen LogP) is 2.89. The molecule has 0 saturated heterocycles. The van der Waals surface area contributed by atoms with Gasteiger partial charge in [0.05, 0.1) is 12.0 Å². The second-order valence-electron chi connectivity index (χ2n) is 3.80. The van der Waals surface area contributed by atoms with Gasteiger partial charge in [0, 0.05) is 17.8 Å². The zero-order chi connectivity index (χ0) is 9.38. The molecule has 1 aromatic heterocycles. The number of rotatable bonds is 2. The van der Waals surface area contributed by atoms with Crippen molar-refractivity contribution in [2.24, 2.45) is 0 Å². The molecular formula is C12H12N2. The number of benzene rings is 1. The lowest BCUT2D eigenvalue weighted by Crippen LogP contribution is -1.86. The molecule has 0 spiro atoms. The third kappa shape index (κ3) is 1.33. The molecule has 0 amide bonds. The smallest absolute Gasteiger partial charge is 0.0956 e. The molecule has 2 aromatic rings. The van der Waals surface area contributed by atoms with Crippen molar-refractivity contribution in [1.82, 2.24) is 9.55 Å². The van der Waals surface area contributed by atoms with Gasteiger partial charge in [-0.05, 0) is 12.8 Å². The molecule has 1 aromatic carbocycles. The van der Waals surface area contributed by atoms with Crippen molar-refractivity contribution in [2.45, 2.75) is 18.9 Å². The summed E-state index contributed by atoms with van der Waals surface area (Å²) in [5.41, 5.74) is 2.28. The van der Waals surface area contributed by atoms with Crippen LogP contribution in [0.2, 0.25) is 0 Å². The fourth-order valence-corrected chi connectivity index (χ4v) is 1.67. The fourth-order valence-electron chi connectivity index (χ4n) is 1.67. The van der Waals surface area contributed by atoms with E-state index in [9.17, 15) is 0 Å². The normalized spacial score (nSPS) is 15.7. The van der Waals surface area contributed by atoms with Gasteiger partial charge < -0.3 is 4.57 Å². The molecule has 1 fully saturated rings. The number of hydrogen-bond acceptors (Lipinski definition) is 1. The summed E-state index contributed by atoms with van der Waals surface area (Å²) >= 11 is 0.